The first-order valence-electron chi connectivity index (χ1n) is 8.24. The normalized spacial score (nSPS) is 22.2. The zero-order chi connectivity index (χ0) is 16.9. The molecule has 130 valence electrons. The summed E-state index contributed by atoms with van der Waals surface area (Å²) < 4.78 is 0. The average Bonchev–Trinajstić information content (AvgIpc) is 2.90. The molecule has 23 heavy (non-hydrogen) atoms. The number of thiazole rings is 1. The minimum atomic E-state index is -1.04. The Balaban J connectivity index is 1.76. The summed E-state index contributed by atoms with van der Waals surface area (Å²) in [5, 5.41) is 25.4. The number of nitrogens with zero attached hydrogens (tertiary/aromatic N) is 2. The fourth-order valence-electron chi connectivity index (χ4n) is 2.65. The Morgan fingerprint density at radius 2 is 2.26 bits per heavy atom. The molecule has 2 heterocycles. The first-order valence-corrected chi connectivity index (χ1v) is 9.12. The van der Waals surface area contributed by atoms with E-state index in [1.54, 1.807) is 16.2 Å². The third kappa shape index (κ3) is 5.16. The summed E-state index contributed by atoms with van der Waals surface area (Å²) >= 11 is 1.66. The SMILES string of the molecule is CC(C)c1nc(CCNC(=O)N2CCC[C@](O)(CO)CC2)cs1. The van der Waals surface area contributed by atoms with Gasteiger partial charge in [-0.1, -0.05) is 13.8 Å². The molecule has 1 saturated heterocycles. The monoisotopic (exact) mass is 341 g/mol. The van der Waals surface area contributed by atoms with Crippen LogP contribution in [-0.4, -0.2) is 58.0 Å². The number of hydrogen-bond donors (Lipinski definition) is 3. The second-order valence-corrected chi connectivity index (χ2v) is 7.43. The minimum absolute atomic E-state index is 0.105. The molecule has 0 aliphatic carbocycles. The van der Waals surface area contributed by atoms with Crippen LogP contribution in [0.1, 0.15) is 49.7 Å². The number of aromatic nitrogens is 1. The molecule has 1 fully saturated rings. The average molecular weight is 341 g/mol. The van der Waals surface area contributed by atoms with E-state index in [1.165, 1.54) is 0 Å². The summed E-state index contributed by atoms with van der Waals surface area (Å²) in [5.41, 5.74) is -0.0207. The predicted octanol–water partition coefficient (Wildman–Crippen LogP) is 1.73. The number of likely N-dealkylation sites (tertiary alicyclic amines) is 1. The molecule has 1 aromatic heterocycles. The molecule has 0 radical (unpaired) electrons. The third-order valence-corrected chi connectivity index (χ3v) is 5.41. The van der Waals surface area contributed by atoms with E-state index in [-0.39, 0.29) is 12.6 Å². The lowest BCUT2D eigenvalue weighted by Crippen LogP contribution is -2.42. The first-order chi connectivity index (χ1) is 10.9. The van der Waals surface area contributed by atoms with Crippen LogP contribution in [0, 0.1) is 0 Å². The van der Waals surface area contributed by atoms with Gasteiger partial charge in [-0.3, -0.25) is 0 Å². The lowest BCUT2D eigenvalue weighted by Gasteiger charge is -2.24. The van der Waals surface area contributed by atoms with Crippen molar-refractivity contribution < 1.29 is 15.0 Å². The van der Waals surface area contributed by atoms with Gasteiger partial charge in [0, 0.05) is 37.4 Å². The number of aliphatic hydroxyl groups excluding tert-OH is 1. The van der Waals surface area contributed by atoms with E-state index in [1.807, 2.05) is 0 Å². The zero-order valence-electron chi connectivity index (χ0n) is 13.9. The van der Waals surface area contributed by atoms with Gasteiger partial charge in [0.25, 0.3) is 0 Å². The van der Waals surface area contributed by atoms with Crippen LogP contribution in [-0.2, 0) is 6.42 Å². The molecule has 0 bridgehead atoms. The number of amides is 2. The maximum atomic E-state index is 12.2. The molecular weight excluding hydrogens is 314 g/mol. The van der Waals surface area contributed by atoms with Crippen molar-refractivity contribution in [1.29, 1.82) is 0 Å². The van der Waals surface area contributed by atoms with E-state index in [2.05, 4.69) is 29.5 Å². The summed E-state index contributed by atoms with van der Waals surface area (Å²) in [7, 11) is 0. The van der Waals surface area contributed by atoms with Crippen molar-refractivity contribution in [3.8, 4) is 0 Å². The van der Waals surface area contributed by atoms with Crippen molar-refractivity contribution in [3.05, 3.63) is 16.1 Å². The number of hydrogen-bond acceptors (Lipinski definition) is 5. The van der Waals surface area contributed by atoms with E-state index in [9.17, 15) is 15.0 Å². The number of carbonyl (C=O) groups excluding carboxylic acids is 1. The van der Waals surface area contributed by atoms with Crippen molar-refractivity contribution in [3.63, 3.8) is 0 Å². The van der Waals surface area contributed by atoms with Crippen LogP contribution in [0.3, 0.4) is 0 Å². The Bertz CT molecular complexity index is 520. The highest BCUT2D eigenvalue weighted by molar-refractivity contribution is 7.09. The van der Waals surface area contributed by atoms with Crippen molar-refractivity contribution in [2.24, 2.45) is 0 Å². The van der Waals surface area contributed by atoms with Crippen molar-refractivity contribution in [2.75, 3.05) is 26.2 Å². The highest BCUT2D eigenvalue weighted by Crippen LogP contribution is 2.22. The molecule has 1 aromatic rings. The van der Waals surface area contributed by atoms with Crippen molar-refractivity contribution in [1.82, 2.24) is 15.2 Å². The number of rotatable bonds is 5. The number of urea groups is 1. The summed E-state index contributed by atoms with van der Waals surface area (Å²) in [4.78, 5) is 18.5. The predicted molar refractivity (Wildman–Crippen MR) is 90.8 cm³/mol. The van der Waals surface area contributed by atoms with Gasteiger partial charge in [-0.15, -0.1) is 11.3 Å². The van der Waals surface area contributed by atoms with Crippen LogP contribution in [0.5, 0.6) is 0 Å². The van der Waals surface area contributed by atoms with Crippen LogP contribution in [0.25, 0.3) is 0 Å². The highest BCUT2D eigenvalue weighted by Gasteiger charge is 2.30. The maximum absolute atomic E-state index is 12.2. The molecule has 0 unspecified atom stereocenters. The lowest BCUT2D eigenvalue weighted by atomic mass is 9.96. The van der Waals surface area contributed by atoms with E-state index < -0.39 is 5.60 Å². The third-order valence-electron chi connectivity index (χ3n) is 4.22. The molecule has 0 spiro atoms. The second-order valence-electron chi connectivity index (χ2n) is 6.54. The summed E-state index contributed by atoms with van der Waals surface area (Å²) in [5.74, 6) is 0.436. The van der Waals surface area contributed by atoms with Gasteiger partial charge in [0.05, 0.1) is 22.9 Å². The van der Waals surface area contributed by atoms with Crippen LogP contribution in [0.4, 0.5) is 4.79 Å². The topological polar surface area (TPSA) is 85.7 Å². The van der Waals surface area contributed by atoms with E-state index in [0.717, 1.165) is 17.1 Å². The number of carbonyl (C=O) groups is 1. The number of aliphatic hydroxyl groups is 2. The molecule has 3 N–H and O–H groups in total. The molecule has 7 heteroatoms. The smallest absolute Gasteiger partial charge is 0.317 e. The first kappa shape index (κ1) is 18.2. The van der Waals surface area contributed by atoms with Gasteiger partial charge in [-0.05, 0) is 19.3 Å². The lowest BCUT2D eigenvalue weighted by molar-refractivity contribution is -0.0248. The fourth-order valence-corrected chi connectivity index (χ4v) is 3.52. The molecule has 1 aliphatic heterocycles. The van der Waals surface area contributed by atoms with E-state index >= 15 is 0 Å². The Morgan fingerprint density at radius 1 is 1.48 bits per heavy atom. The summed E-state index contributed by atoms with van der Waals surface area (Å²) in [6.45, 7) is 5.64. The standard InChI is InChI=1S/C16H27N3O3S/c1-12(2)14-18-13(10-23-14)4-7-17-15(21)19-8-3-5-16(22,11-20)6-9-19/h10,12,20,22H,3-9,11H2,1-2H3,(H,17,21)/t16-/m1/s1. The summed E-state index contributed by atoms with van der Waals surface area (Å²) in [6.07, 6.45) is 2.38. The second kappa shape index (κ2) is 8.08. The molecule has 2 rings (SSSR count). The molecule has 1 aliphatic rings. The molecular formula is C16H27N3O3S. The van der Waals surface area contributed by atoms with E-state index in [0.29, 0.717) is 44.8 Å². The van der Waals surface area contributed by atoms with Gasteiger partial charge in [0.15, 0.2) is 0 Å². The quantitative estimate of drug-likeness (QED) is 0.761. The van der Waals surface area contributed by atoms with Crippen LogP contribution in [0.2, 0.25) is 0 Å². The Morgan fingerprint density at radius 3 is 2.91 bits per heavy atom. The Hall–Kier alpha value is -1.18. The van der Waals surface area contributed by atoms with Crippen LogP contribution >= 0.6 is 11.3 Å². The van der Waals surface area contributed by atoms with Crippen LogP contribution < -0.4 is 5.32 Å². The van der Waals surface area contributed by atoms with Crippen molar-refractivity contribution in [2.45, 2.75) is 51.0 Å². The summed E-state index contributed by atoms with van der Waals surface area (Å²) in [6, 6.07) is -0.105. The Labute approximate surface area is 141 Å². The van der Waals surface area contributed by atoms with E-state index in [4.69, 9.17) is 0 Å². The van der Waals surface area contributed by atoms with Gasteiger partial charge >= 0.3 is 6.03 Å². The van der Waals surface area contributed by atoms with Gasteiger partial charge in [-0.25, -0.2) is 9.78 Å². The largest absolute Gasteiger partial charge is 0.393 e. The zero-order valence-corrected chi connectivity index (χ0v) is 14.7. The highest BCUT2D eigenvalue weighted by atomic mass is 32.1. The molecule has 0 aromatic carbocycles. The Kier molecular flexibility index (Phi) is 6.38. The molecule has 2 amide bonds. The fraction of sp³-hybridized carbons (Fsp3) is 0.750. The molecule has 1 atom stereocenters. The van der Waals surface area contributed by atoms with Crippen LogP contribution in [0.15, 0.2) is 5.38 Å². The van der Waals surface area contributed by atoms with Gasteiger partial charge in [0.1, 0.15) is 0 Å². The van der Waals surface area contributed by atoms with Gasteiger partial charge in [-0.2, -0.15) is 0 Å². The molecule has 6 nitrogen and oxygen atoms in total. The minimum Gasteiger partial charge on any atom is -0.393 e. The van der Waals surface area contributed by atoms with Crippen molar-refractivity contribution >= 4 is 17.4 Å². The number of nitrogens with one attached hydrogen (secondary N) is 1. The van der Waals surface area contributed by atoms with Gasteiger partial charge < -0.3 is 20.4 Å². The molecule has 0 saturated carbocycles. The van der Waals surface area contributed by atoms with Gasteiger partial charge in [0.2, 0.25) is 0 Å². The maximum Gasteiger partial charge on any atom is 0.317 e.